The molecule has 3 aromatic rings. The molecule has 2 aliphatic rings. The summed E-state index contributed by atoms with van der Waals surface area (Å²) in [5, 5.41) is 7.54. The molecule has 1 aromatic heterocycles. The summed E-state index contributed by atoms with van der Waals surface area (Å²) in [7, 11) is 1.69. The SMILES string of the molecule is CC1CC(C)(C)CCC1N=C(Nc1ccc2c(=O)n(C)c(COc3ccc(F)cc3)nc2c1)N1CCNCC1. The number of hydrogen-bond acceptors (Lipinski definition) is 5. The molecule has 0 bridgehead atoms. The first-order valence-electron chi connectivity index (χ1n) is 13.9. The first kappa shape index (κ1) is 27.1. The molecule has 5 rings (SSSR count). The maximum Gasteiger partial charge on any atom is 0.261 e. The number of piperazine rings is 1. The van der Waals surface area contributed by atoms with E-state index in [1.165, 1.54) is 29.5 Å². The molecule has 208 valence electrons. The van der Waals surface area contributed by atoms with Gasteiger partial charge < -0.3 is 20.3 Å². The van der Waals surface area contributed by atoms with Crippen molar-refractivity contribution < 1.29 is 9.13 Å². The molecule has 9 heteroatoms. The normalized spacial score (nSPS) is 21.7. The van der Waals surface area contributed by atoms with Gasteiger partial charge in [-0.2, -0.15) is 0 Å². The molecule has 2 fully saturated rings. The molecular weight excluding hydrogens is 495 g/mol. The summed E-state index contributed by atoms with van der Waals surface area (Å²) in [6.45, 7) is 10.7. The number of nitrogens with one attached hydrogen (secondary N) is 2. The predicted molar refractivity (Wildman–Crippen MR) is 154 cm³/mol. The topological polar surface area (TPSA) is 83.8 Å². The number of nitrogens with zero attached hydrogens (tertiary/aromatic N) is 4. The Balaban J connectivity index is 1.41. The number of guanidine groups is 1. The number of aromatic nitrogens is 2. The molecule has 1 aliphatic heterocycles. The van der Waals surface area contributed by atoms with E-state index in [4.69, 9.17) is 14.7 Å². The van der Waals surface area contributed by atoms with Crippen molar-refractivity contribution in [3.8, 4) is 5.75 Å². The Labute approximate surface area is 229 Å². The second-order valence-electron chi connectivity index (χ2n) is 11.6. The Morgan fingerprint density at radius 1 is 1.21 bits per heavy atom. The van der Waals surface area contributed by atoms with Crippen LogP contribution in [0, 0.1) is 17.2 Å². The van der Waals surface area contributed by atoms with E-state index < -0.39 is 0 Å². The maximum absolute atomic E-state index is 13.2. The number of rotatable bonds is 5. The van der Waals surface area contributed by atoms with Crippen molar-refractivity contribution >= 4 is 22.5 Å². The quantitative estimate of drug-likeness (QED) is 0.370. The zero-order valence-corrected chi connectivity index (χ0v) is 23.3. The molecule has 1 saturated heterocycles. The third-order valence-electron chi connectivity index (χ3n) is 7.96. The van der Waals surface area contributed by atoms with Crippen LogP contribution in [0.1, 0.15) is 45.9 Å². The number of benzene rings is 2. The van der Waals surface area contributed by atoms with Crippen molar-refractivity contribution in [2.24, 2.45) is 23.4 Å². The summed E-state index contributed by atoms with van der Waals surface area (Å²) in [5.41, 5.74) is 1.66. The molecule has 1 saturated carbocycles. The minimum Gasteiger partial charge on any atom is -0.486 e. The monoisotopic (exact) mass is 534 g/mol. The van der Waals surface area contributed by atoms with Gasteiger partial charge in [0.2, 0.25) is 0 Å². The molecule has 39 heavy (non-hydrogen) atoms. The van der Waals surface area contributed by atoms with Crippen molar-refractivity contribution in [1.29, 1.82) is 0 Å². The van der Waals surface area contributed by atoms with Crippen LogP contribution < -0.4 is 20.9 Å². The Hall–Kier alpha value is -3.46. The van der Waals surface area contributed by atoms with Crippen molar-refractivity contribution in [3.63, 3.8) is 0 Å². The van der Waals surface area contributed by atoms with Gasteiger partial charge in [-0.05, 0) is 73.1 Å². The summed E-state index contributed by atoms with van der Waals surface area (Å²) >= 11 is 0. The molecule has 0 amide bonds. The van der Waals surface area contributed by atoms with Crippen LogP contribution in [0.4, 0.5) is 10.1 Å². The summed E-state index contributed by atoms with van der Waals surface area (Å²) in [4.78, 5) is 25.4. The number of hydrogen-bond donors (Lipinski definition) is 2. The van der Waals surface area contributed by atoms with Crippen LogP contribution in [0.2, 0.25) is 0 Å². The number of aliphatic imine (C=N–C) groups is 1. The van der Waals surface area contributed by atoms with E-state index in [-0.39, 0.29) is 24.0 Å². The van der Waals surface area contributed by atoms with Crippen LogP contribution in [0.3, 0.4) is 0 Å². The number of ether oxygens (including phenoxy) is 1. The lowest BCUT2D eigenvalue weighted by molar-refractivity contribution is 0.169. The van der Waals surface area contributed by atoms with Crippen LogP contribution >= 0.6 is 0 Å². The van der Waals surface area contributed by atoms with Crippen molar-refractivity contribution in [2.75, 3.05) is 31.5 Å². The van der Waals surface area contributed by atoms with E-state index in [9.17, 15) is 9.18 Å². The molecule has 0 radical (unpaired) electrons. The summed E-state index contributed by atoms with van der Waals surface area (Å²) in [6.07, 6.45) is 3.42. The first-order valence-corrected chi connectivity index (χ1v) is 13.9. The number of halogens is 1. The van der Waals surface area contributed by atoms with Crippen LogP contribution in [0.15, 0.2) is 52.3 Å². The third kappa shape index (κ3) is 6.41. The van der Waals surface area contributed by atoms with E-state index in [1.54, 1.807) is 19.2 Å². The lowest BCUT2D eigenvalue weighted by Crippen LogP contribution is -2.49. The molecule has 2 unspecified atom stereocenters. The zero-order chi connectivity index (χ0) is 27.6. The molecule has 2 heterocycles. The smallest absolute Gasteiger partial charge is 0.261 e. The minimum atomic E-state index is -0.330. The van der Waals surface area contributed by atoms with Gasteiger partial charge in [0.25, 0.3) is 5.56 Å². The summed E-state index contributed by atoms with van der Waals surface area (Å²) < 4.78 is 20.5. The van der Waals surface area contributed by atoms with Gasteiger partial charge in [0.15, 0.2) is 5.96 Å². The van der Waals surface area contributed by atoms with E-state index in [0.29, 0.717) is 33.8 Å². The van der Waals surface area contributed by atoms with Crippen molar-refractivity contribution in [1.82, 2.24) is 19.8 Å². The fraction of sp³-hybridized carbons (Fsp3) is 0.500. The van der Waals surface area contributed by atoms with E-state index in [0.717, 1.165) is 44.2 Å². The lowest BCUT2D eigenvalue weighted by atomic mass is 9.71. The van der Waals surface area contributed by atoms with E-state index in [1.807, 2.05) is 18.2 Å². The maximum atomic E-state index is 13.2. The molecular formula is C30H39FN6O2. The highest BCUT2D eigenvalue weighted by atomic mass is 19.1. The highest BCUT2D eigenvalue weighted by Crippen LogP contribution is 2.39. The fourth-order valence-corrected chi connectivity index (χ4v) is 5.68. The predicted octanol–water partition coefficient (Wildman–Crippen LogP) is 4.54. The molecule has 0 spiro atoms. The van der Waals surface area contributed by atoms with Gasteiger partial charge in [-0.1, -0.05) is 20.8 Å². The molecule has 1 aliphatic carbocycles. The van der Waals surface area contributed by atoms with E-state index in [2.05, 4.69) is 36.3 Å². The molecule has 8 nitrogen and oxygen atoms in total. The standard InChI is InChI=1S/C30H39FN6O2/c1-20-18-30(2,3)12-11-25(20)35-29(37-15-13-32-14-16-37)33-22-7-10-24-26(17-22)34-27(36(4)28(24)38)19-39-23-8-5-21(31)6-9-23/h5-10,17,20,25,32H,11-16,18-19H2,1-4H3,(H,33,35). The third-order valence-corrected chi connectivity index (χ3v) is 7.96. The second-order valence-corrected chi connectivity index (χ2v) is 11.6. The van der Waals surface area contributed by atoms with Crippen LogP contribution in [0.25, 0.3) is 10.9 Å². The van der Waals surface area contributed by atoms with Gasteiger partial charge in [-0.25, -0.2) is 14.4 Å². The lowest BCUT2D eigenvalue weighted by Gasteiger charge is -2.39. The highest BCUT2D eigenvalue weighted by Gasteiger charge is 2.33. The van der Waals surface area contributed by atoms with Gasteiger partial charge in [0, 0.05) is 38.9 Å². The highest BCUT2D eigenvalue weighted by molar-refractivity contribution is 5.96. The zero-order valence-electron chi connectivity index (χ0n) is 23.3. The Morgan fingerprint density at radius 2 is 1.95 bits per heavy atom. The fourth-order valence-electron chi connectivity index (χ4n) is 5.68. The summed E-state index contributed by atoms with van der Waals surface area (Å²) in [6, 6.07) is 11.7. The van der Waals surface area contributed by atoms with Crippen molar-refractivity contribution in [3.05, 3.63) is 64.5 Å². The molecule has 2 atom stereocenters. The Kier molecular flexibility index (Phi) is 7.88. The van der Waals surface area contributed by atoms with Crippen LogP contribution in [-0.4, -0.2) is 52.6 Å². The largest absolute Gasteiger partial charge is 0.486 e. The Bertz CT molecular complexity index is 1400. The molecule has 2 N–H and O–H groups in total. The summed E-state index contributed by atoms with van der Waals surface area (Å²) in [5.74, 6) is 2.07. The first-order chi connectivity index (χ1) is 18.7. The van der Waals surface area contributed by atoms with Crippen LogP contribution in [-0.2, 0) is 13.7 Å². The van der Waals surface area contributed by atoms with Gasteiger partial charge in [0.1, 0.15) is 24.0 Å². The van der Waals surface area contributed by atoms with Gasteiger partial charge in [-0.15, -0.1) is 0 Å². The number of anilines is 1. The minimum absolute atomic E-state index is 0.0916. The van der Waals surface area contributed by atoms with Gasteiger partial charge in [0.05, 0.1) is 16.9 Å². The van der Waals surface area contributed by atoms with Gasteiger partial charge in [-0.3, -0.25) is 9.36 Å². The average molecular weight is 535 g/mol. The average Bonchev–Trinajstić information content (AvgIpc) is 2.92. The Morgan fingerprint density at radius 3 is 2.67 bits per heavy atom. The molecule has 2 aromatic carbocycles. The number of fused-ring (bicyclic) bond motifs is 1. The van der Waals surface area contributed by atoms with Crippen molar-refractivity contribution in [2.45, 2.75) is 52.7 Å². The van der Waals surface area contributed by atoms with Crippen LogP contribution in [0.5, 0.6) is 5.75 Å². The second kappa shape index (κ2) is 11.3. The van der Waals surface area contributed by atoms with Gasteiger partial charge >= 0.3 is 0 Å². The van der Waals surface area contributed by atoms with E-state index >= 15 is 0 Å².